The smallest absolute Gasteiger partial charge is 0.0457 e. The van der Waals surface area contributed by atoms with Crippen LogP contribution in [0.3, 0.4) is 0 Å². The van der Waals surface area contributed by atoms with Crippen molar-refractivity contribution in [3.05, 3.63) is 70.9 Å². The lowest BCUT2D eigenvalue weighted by Gasteiger charge is -2.48. The maximum atomic E-state index is 6.28. The quantitative estimate of drug-likeness (QED) is 0.512. The molecule has 1 aliphatic heterocycles. The lowest BCUT2D eigenvalue weighted by molar-refractivity contribution is 0.0401. The van der Waals surface area contributed by atoms with E-state index in [9.17, 15) is 0 Å². The maximum Gasteiger partial charge on any atom is 0.0457 e. The number of halogens is 1. The number of nitrogens with one attached hydrogen (secondary N) is 1. The number of benzene rings is 2. The van der Waals surface area contributed by atoms with Gasteiger partial charge in [-0.25, -0.2) is 0 Å². The average Bonchev–Trinajstić information content (AvgIpc) is 3.23. The van der Waals surface area contributed by atoms with E-state index in [0.29, 0.717) is 5.92 Å². The number of nitrogens with zero attached hydrogens (tertiary/aromatic N) is 2. The third-order valence-electron chi connectivity index (χ3n) is 8.11. The number of hydrogen-bond acceptors (Lipinski definition) is 2. The summed E-state index contributed by atoms with van der Waals surface area (Å²) in [6.07, 6.45) is 9.78. The Hall–Kier alpha value is -1.81. The summed E-state index contributed by atoms with van der Waals surface area (Å²) >= 11 is 6.28. The number of aromatic nitrogens is 1. The van der Waals surface area contributed by atoms with Gasteiger partial charge < -0.3 is 9.88 Å². The highest BCUT2D eigenvalue weighted by Gasteiger charge is 2.40. The third kappa shape index (κ3) is 3.92. The molecule has 2 aliphatic rings. The summed E-state index contributed by atoms with van der Waals surface area (Å²) in [4.78, 5) is 8.69. The van der Waals surface area contributed by atoms with Crippen LogP contribution in [0.1, 0.15) is 55.6 Å². The molecule has 164 valence electrons. The second-order valence-electron chi connectivity index (χ2n) is 9.77. The standard InChI is InChI=1S/C27H34ClN3/c1-30(2)27(21-6-4-3-5-7-21)14-10-23(11-15-27)31-16-12-20(13-17-31)25-19-29-26-9-8-22(28)18-24(25)26/h3-9,18-20,23,29H,10-17H2,1-2H3. The Morgan fingerprint density at radius 3 is 2.35 bits per heavy atom. The van der Waals surface area contributed by atoms with E-state index in [0.717, 1.165) is 11.1 Å². The summed E-state index contributed by atoms with van der Waals surface area (Å²) in [7, 11) is 4.51. The fraction of sp³-hybridized carbons (Fsp3) is 0.481. The van der Waals surface area contributed by atoms with Crippen molar-refractivity contribution in [3.8, 4) is 0 Å². The molecule has 2 aromatic carbocycles. The third-order valence-corrected chi connectivity index (χ3v) is 8.35. The van der Waals surface area contributed by atoms with Gasteiger partial charge in [-0.3, -0.25) is 4.90 Å². The van der Waals surface area contributed by atoms with Crippen LogP contribution in [0.25, 0.3) is 10.9 Å². The molecule has 0 amide bonds. The second kappa shape index (κ2) is 8.61. The zero-order chi connectivity index (χ0) is 21.4. The molecule has 1 saturated heterocycles. The van der Waals surface area contributed by atoms with E-state index >= 15 is 0 Å². The molecule has 5 rings (SSSR count). The van der Waals surface area contributed by atoms with E-state index in [1.165, 1.54) is 73.6 Å². The summed E-state index contributed by atoms with van der Waals surface area (Å²) in [5.41, 5.74) is 4.33. The van der Waals surface area contributed by atoms with Crippen LogP contribution in [0.2, 0.25) is 5.02 Å². The number of fused-ring (bicyclic) bond motifs is 1. The Morgan fingerprint density at radius 2 is 1.68 bits per heavy atom. The molecule has 0 unspecified atom stereocenters. The van der Waals surface area contributed by atoms with Crippen LogP contribution in [-0.2, 0) is 5.54 Å². The van der Waals surface area contributed by atoms with Gasteiger partial charge in [-0.2, -0.15) is 0 Å². The van der Waals surface area contributed by atoms with Crippen molar-refractivity contribution in [1.29, 1.82) is 0 Å². The molecule has 3 nitrogen and oxygen atoms in total. The van der Waals surface area contributed by atoms with Crippen molar-refractivity contribution in [2.45, 2.75) is 56.0 Å². The van der Waals surface area contributed by atoms with E-state index in [1.54, 1.807) is 0 Å². The molecule has 3 aromatic rings. The number of H-pyrrole nitrogens is 1. The fourth-order valence-electron chi connectivity index (χ4n) is 6.22. The predicted molar refractivity (Wildman–Crippen MR) is 131 cm³/mol. The summed E-state index contributed by atoms with van der Waals surface area (Å²) < 4.78 is 0. The first-order valence-electron chi connectivity index (χ1n) is 11.8. The molecule has 1 aromatic heterocycles. The van der Waals surface area contributed by atoms with Crippen molar-refractivity contribution >= 4 is 22.5 Å². The molecule has 1 N–H and O–H groups in total. The Bertz CT molecular complexity index is 1010. The molecular weight excluding hydrogens is 402 g/mol. The van der Waals surface area contributed by atoms with Gasteiger partial charge in [0.15, 0.2) is 0 Å². The van der Waals surface area contributed by atoms with E-state index in [-0.39, 0.29) is 5.54 Å². The van der Waals surface area contributed by atoms with Crippen LogP contribution in [-0.4, -0.2) is 48.0 Å². The van der Waals surface area contributed by atoms with Gasteiger partial charge in [0.05, 0.1) is 0 Å². The van der Waals surface area contributed by atoms with Gasteiger partial charge in [-0.05, 0) is 101 Å². The minimum atomic E-state index is 0.194. The molecule has 31 heavy (non-hydrogen) atoms. The molecule has 2 heterocycles. The molecule has 0 radical (unpaired) electrons. The lowest BCUT2D eigenvalue weighted by atomic mass is 9.73. The average molecular weight is 436 g/mol. The van der Waals surface area contributed by atoms with Crippen LogP contribution in [0.15, 0.2) is 54.7 Å². The second-order valence-corrected chi connectivity index (χ2v) is 10.2. The number of piperidine rings is 1. The van der Waals surface area contributed by atoms with Crippen molar-refractivity contribution in [2.24, 2.45) is 0 Å². The molecule has 2 fully saturated rings. The van der Waals surface area contributed by atoms with Crippen LogP contribution < -0.4 is 0 Å². The number of likely N-dealkylation sites (tertiary alicyclic amines) is 1. The fourth-order valence-corrected chi connectivity index (χ4v) is 6.39. The molecule has 1 saturated carbocycles. The highest BCUT2D eigenvalue weighted by Crippen LogP contribution is 2.43. The molecule has 1 aliphatic carbocycles. The maximum absolute atomic E-state index is 6.28. The zero-order valence-electron chi connectivity index (χ0n) is 18.8. The van der Waals surface area contributed by atoms with Crippen LogP contribution >= 0.6 is 11.6 Å². The van der Waals surface area contributed by atoms with Crippen molar-refractivity contribution < 1.29 is 0 Å². The van der Waals surface area contributed by atoms with Crippen molar-refractivity contribution in [1.82, 2.24) is 14.8 Å². The first kappa shape index (κ1) is 21.1. The van der Waals surface area contributed by atoms with Crippen molar-refractivity contribution in [2.75, 3.05) is 27.2 Å². The van der Waals surface area contributed by atoms with Gasteiger partial charge in [0.25, 0.3) is 0 Å². The van der Waals surface area contributed by atoms with Gasteiger partial charge in [0.1, 0.15) is 0 Å². The van der Waals surface area contributed by atoms with E-state index < -0.39 is 0 Å². The molecule has 0 atom stereocenters. The van der Waals surface area contributed by atoms with Gasteiger partial charge in [-0.15, -0.1) is 0 Å². The number of aromatic amines is 1. The van der Waals surface area contributed by atoms with E-state index in [4.69, 9.17) is 11.6 Å². The zero-order valence-corrected chi connectivity index (χ0v) is 19.5. The summed E-state index contributed by atoms with van der Waals surface area (Å²) in [6.45, 7) is 2.42. The van der Waals surface area contributed by atoms with Gasteiger partial charge >= 0.3 is 0 Å². The van der Waals surface area contributed by atoms with Gasteiger partial charge in [0, 0.05) is 33.7 Å². The number of hydrogen-bond donors (Lipinski definition) is 1. The molecular formula is C27H34ClN3. The summed E-state index contributed by atoms with van der Waals surface area (Å²) in [5, 5.41) is 2.14. The molecule has 4 heteroatoms. The molecule has 0 spiro atoms. The highest BCUT2D eigenvalue weighted by molar-refractivity contribution is 6.31. The van der Waals surface area contributed by atoms with Crippen molar-refractivity contribution in [3.63, 3.8) is 0 Å². The van der Waals surface area contributed by atoms with Gasteiger partial charge in [-0.1, -0.05) is 41.9 Å². The summed E-state index contributed by atoms with van der Waals surface area (Å²) in [6, 6.07) is 18.1. The first-order valence-corrected chi connectivity index (χ1v) is 12.2. The highest BCUT2D eigenvalue weighted by atomic mass is 35.5. The SMILES string of the molecule is CN(C)C1(c2ccccc2)CCC(N2CCC(c3c[nH]c4ccc(Cl)cc34)CC2)CC1. The summed E-state index contributed by atoms with van der Waals surface area (Å²) in [5.74, 6) is 0.636. The Balaban J connectivity index is 1.23. The molecule has 0 bridgehead atoms. The largest absolute Gasteiger partial charge is 0.361 e. The predicted octanol–water partition coefficient (Wildman–Crippen LogP) is 6.40. The normalized spacial score (nSPS) is 26.0. The monoisotopic (exact) mass is 435 g/mol. The number of rotatable bonds is 4. The van der Waals surface area contributed by atoms with E-state index in [1.807, 2.05) is 6.07 Å². The topological polar surface area (TPSA) is 22.3 Å². The Morgan fingerprint density at radius 1 is 0.968 bits per heavy atom. The minimum absolute atomic E-state index is 0.194. The Kier molecular flexibility index (Phi) is 5.85. The Labute approximate surface area is 191 Å². The van der Waals surface area contributed by atoms with Crippen LogP contribution in [0.5, 0.6) is 0 Å². The minimum Gasteiger partial charge on any atom is -0.361 e. The van der Waals surface area contributed by atoms with E-state index in [2.05, 4.69) is 77.5 Å². The van der Waals surface area contributed by atoms with Gasteiger partial charge in [0.2, 0.25) is 0 Å². The van der Waals surface area contributed by atoms with Crippen LogP contribution in [0.4, 0.5) is 0 Å². The lowest BCUT2D eigenvalue weighted by Crippen LogP contribution is -2.50. The first-order chi connectivity index (χ1) is 15.1. The van der Waals surface area contributed by atoms with Crippen LogP contribution in [0, 0.1) is 0 Å².